The molecule has 3 aliphatic heterocycles. The Morgan fingerprint density at radius 2 is 1.79 bits per heavy atom. The second-order valence-electron chi connectivity index (χ2n) is 15.2. The zero-order chi connectivity index (χ0) is 37.7. The number of hydrogen-bond donors (Lipinski definition) is 1. The minimum Gasteiger partial charge on any atom is -0.483 e. The molecule has 1 aromatic heterocycles. The van der Waals surface area contributed by atoms with Crippen molar-refractivity contribution in [2.45, 2.75) is 102 Å². The molecular weight excluding hydrogens is 694 g/mol. The molecule has 3 aliphatic rings. The molecule has 2 bridgehead atoms. The number of hydrogen-bond acceptors (Lipinski definition) is 7. The molecule has 276 valence electrons. The van der Waals surface area contributed by atoms with Crippen molar-refractivity contribution in [2.24, 2.45) is 5.73 Å². The zero-order valence-corrected chi connectivity index (χ0v) is 31.1. The molecule has 14 heteroatoms. The fourth-order valence-corrected chi connectivity index (χ4v) is 9.05. The first kappa shape index (κ1) is 37.3. The second kappa shape index (κ2) is 13.9. The van der Waals surface area contributed by atoms with Crippen LogP contribution in [0.4, 0.5) is 13.2 Å². The highest BCUT2D eigenvalue weighted by molar-refractivity contribution is 6.69. The Balaban J connectivity index is 1.49. The van der Waals surface area contributed by atoms with E-state index in [1.54, 1.807) is 21.6 Å². The van der Waals surface area contributed by atoms with E-state index >= 15 is 8.78 Å². The van der Waals surface area contributed by atoms with Gasteiger partial charge in [-0.05, 0) is 58.8 Å². The normalized spacial score (nSPS) is 23.2. The molecule has 52 heavy (non-hydrogen) atoms. The minimum absolute atomic E-state index is 0.0553. The molecule has 0 aliphatic carbocycles. The summed E-state index contributed by atoms with van der Waals surface area (Å²) >= 11 is 0. The van der Waals surface area contributed by atoms with E-state index in [4.69, 9.17) is 19.7 Å². The van der Waals surface area contributed by atoms with Gasteiger partial charge in [-0.2, -0.15) is 5.06 Å². The lowest BCUT2D eigenvalue weighted by Gasteiger charge is -2.43. The van der Waals surface area contributed by atoms with Crippen molar-refractivity contribution in [1.82, 2.24) is 14.5 Å². The second-order valence-corrected chi connectivity index (χ2v) is 19.7. The van der Waals surface area contributed by atoms with Crippen LogP contribution in [0.5, 0.6) is 5.75 Å². The molecule has 0 radical (unpaired) electrons. The lowest BCUT2D eigenvalue weighted by Crippen LogP contribution is -2.52. The van der Waals surface area contributed by atoms with E-state index in [0.717, 1.165) is 5.56 Å². The summed E-state index contributed by atoms with van der Waals surface area (Å²) in [6, 6.07) is 8.53. The first-order chi connectivity index (χ1) is 24.4. The average molecular weight is 737 g/mol. The molecule has 1 unspecified atom stereocenters. The number of aromatic nitrogens is 1. The molecule has 3 aromatic rings. The van der Waals surface area contributed by atoms with E-state index in [0.29, 0.717) is 25.0 Å². The Labute approximate surface area is 301 Å². The lowest BCUT2D eigenvalue weighted by atomic mass is 9.83. The summed E-state index contributed by atoms with van der Waals surface area (Å²) in [6.07, 6.45) is 2.34. The monoisotopic (exact) mass is 736 g/mol. The van der Waals surface area contributed by atoms with Gasteiger partial charge in [-0.25, -0.2) is 13.2 Å². The van der Waals surface area contributed by atoms with E-state index in [2.05, 4.69) is 11.8 Å². The van der Waals surface area contributed by atoms with Crippen molar-refractivity contribution < 1.29 is 36.8 Å². The standard InChI is InChI=1S/C38H43F3N4O6Si/c1-23-12-15-38(18-26(13-14-37(2,3)51-52(4,5)6)45(50-38)20-27-29(40)16-25(39)17-30(27)41)31-21-43(23)36(48)32-34(49-22-24-10-8-7-9-11-24)33(46)28(35(42)47)19-44(31)32/h7-11,16-17,19,23,26,31H,12,15,18,20-22H2,1-6H3,(H2,42,47)/t23-,26?,31+,38-/m0/s1. The number of carbonyl (C=O) groups is 2. The van der Waals surface area contributed by atoms with Gasteiger partial charge in [-0.1, -0.05) is 42.2 Å². The maximum Gasteiger partial charge on any atom is 0.274 e. The highest BCUT2D eigenvalue weighted by Gasteiger charge is 2.56. The highest BCUT2D eigenvalue weighted by Crippen LogP contribution is 2.49. The molecular formula is C38H43F3N4O6Si. The summed E-state index contributed by atoms with van der Waals surface area (Å²) in [5, 5.41) is 1.40. The van der Waals surface area contributed by atoms with Crippen LogP contribution in [-0.2, 0) is 22.4 Å². The molecule has 2 saturated heterocycles. The van der Waals surface area contributed by atoms with E-state index in [-0.39, 0.29) is 42.6 Å². The van der Waals surface area contributed by atoms with E-state index in [9.17, 15) is 18.8 Å². The van der Waals surface area contributed by atoms with Crippen LogP contribution in [-0.4, -0.2) is 64.5 Å². The molecule has 10 nitrogen and oxygen atoms in total. The summed E-state index contributed by atoms with van der Waals surface area (Å²) < 4.78 is 58.0. The topological polar surface area (TPSA) is 116 Å². The van der Waals surface area contributed by atoms with Crippen LogP contribution in [0, 0.1) is 29.3 Å². The van der Waals surface area contributed by atoms with Crippen molar-refractivity contribution >= 4 is 20.1 Å². The van der Waals surface area contributed by atoms with E-state index in [1.807, 2.05) is 58.6 Å². The molecule has 6 rings (SSSR count). The largest absolute Gasteiger partial charge is 0.483 e. The molecule has 0 saturated carbocycles. The fourth-order valence-electron chi connectivity index (χ4n) is 7.47. The van der Waals surface area contributed by atoms with E-state index < -0.39 is 78.4 Å². The maximum atomic E-state index is 15.1. The summed E-state index contributed by atoms with van der Waals surface area (Å²) in [5.41, 5.74) is 2.78. The Morgan fingerprint density at radius 3 is 2.42 bits per heavy atom. The van der Waals surface area contributed by atoms with Gasteiger partial charge in [-0.3, -0.25) is 19.2 Å². The third-order valence-electron chi connectivity index (χ3n) is 9.68. The van der Waals surface area contributed by atoms with Gasteiger partial charge in [0.05, 0.1) is 18.6 Å². The van der Waals surface area contributed by atoms with Gasteiger partial charge >= 0.3 is 0 Å². The lowest BCUT2D eigenvalue weighted by molar-refractivity contribution is -0.223. The number of amides is 2. The summed E-state index contributed by atoms with van der Waals surface area (Å²) in [4.78, 5) is 49.1. The molecule has 2 amide bonds. The van der Waals surface area contributed by atoms with Gasteiger partial charge in [0.2, 0.25) is 5.43 Å². The number of benzene rings is 2. The number of carbonyl (C=O) groups excluding carboxylic acids is 2. The number of primary amides is 1. The number of halogens is 3. The number of fused-ring (bicyclic) bond motifs is 5. The van der Waals surface area contributed by atoms with Gasteiger partial charge in [0.1, 0.15) is 40.8 Å². The van der Waals surface area contributed by atoms with Crippen molar-refractivity contribution in [2.75, 3.05) is 6.54 Å². The van der Waals surface area contributed by atoms with E-state index in [1.165, 1.54) is 11.3 Å². The summed E-state index contributed by atoms with van der Waals surface area (Å²) in [6.45, 7) is 11.4. The average Bonchev–Trinajstić information content (AvgIpc) is 3.35. The summed E-state index contributed by atoms with van der Waals surface area (Å²) in [5.74, 6) is 1.50. The predicted molar refractivity (Wildman–Crippen MR) is 189 cm³/mol. The number of ether oxygens (including phenoxy) is 1. The van der Waals surface area contributed by atoms with Crippen LogP contribution in [0.3, 0.4) is 0 Å². The number of pyridine rings is 1. The van der Waals surface area contributed by atoms with Gasteiger partial charge in [0.25, 0.3) is 11.8 Å². The molecule has 4 heterocycles. The van der Waals surface area contributed by atoms with Gasteiger partial charge in [0, 0.05) is 42.9 Å². The molecule has 2 N–H and O–H groups in total. The third-order valence-corrected chi connectivity index (χ3v) is 10.8. The minimum atomic E-state index is -2.04. The maximum absolute atomic E-state index is 15.1. The molecule has 2 aromatic carbocycles. The first-order valence-corrected chi connectivity index (χ1v) is 20.7. The van der Waals surface area contributed by atoms with Gasteiger partial charge < -0.3 is 24.4 Å². The first-order valence-electron chi connectivity index (χ1n) is 17.3. The number of nitrogens with zero attached hydrogens (tertiary/aromatic N) is 3. The number of hydroxylamine groups is 2. The quantitative estimate of drug-likeness (QED) is 0.233. The van der Waals surface area contributed by atoms with Gasteiger partial charge in [0.15, 0.2) is 19.8 Å². The van der Waals surface area contributed by atoms with Gasteiger partial charge in [-0.15, -0.1) is 0 Å². The summed E-state index contributed by atoms with van der Waals surface area (Å²) in [7, 11) is -2.04. The Kier molecular flexibility index (Phi) is 9.95. The predicted octanol–water partition coefficient (Wildman–Crippen LogP) is 5.70. The molecule has 2 fully saturated rings. The van der Waals surface area contributed by atoms with Crippen LogP contribution in [0.25, 0.3) is 0 Å². The Bertz CT molecular complexity index is 2000. The van der Waals surface area contributed by atoms with Crippen LogP contribution >= 0.6 is 0 Å². The van der Waals surface area contributed by atoms with Crippen LogP contribution < -0.4 is 15.9 Å². The Hall–Kier alpha value is -4.42. The van der Waals surface area contributed by atoms with Crippen LogP contribution in [0.15, 0.2) is 53.5 Å². The SMILES string of the molecule is C[C@H]1CC[C@]2(CC(C#CC(C)(C)O[Si](C)(C)C)N(Cc3c(F)cc(F)cc3F)O2)[C@H]2CN1C(=O)c1c(OCc3ccccc3)c(=O)c(C(N)=O)cn12. The van der Waals surface area contributed by atoms with Crippen molar-refractivity contribution in [3.05, 3.63) is 98.7 Å². The third kappa shape index (κ3) is 7.41. The highest BCUT2D eigenvalue weighted by atomic mass is 28.4. The zero-order valence-electron chi connectivity index (χ0n) is 30.1. The number of nitrogens with two attached hydrogens (primary N) is 1. The Morgan fingerprint density at radius 1 is 1.12 bits per heavy atom. The fraction of sp³-hybridized carbons (Fsp3) is 0.447. The van der Waals surface area contributed by atoms with Crippen LogP contribution in [0.1, 0.15) is 78.0 Å². The van der Waals surface area contributed by atoms with Crippen molar-refractivity contribution in [3.63, 3.8) is 0 Å². The smallest absolute Gasteiger partial charge is 0.274 e. The number of rotatable bonds is 8. The van der Waals surface area contributed by atoms with Crippen LogP contribution in [0.2, 0.25) is 19.6 Å². The molecule has 1 spiro atoms. The van der Waals surface area contributed by atoms with Crippen molar-refractivity contribution in [3.8, 4) is 17.6 Å². The molecule has 4 atom stereocenters. The van der Waals surface area contributed by atoms with Crippen molar-refractivity contribution in [1.29, 1.82) is 0 Å².